The second-order valence-corrected chi connectivity index (χ2v) is 2.56. The lowest BCUT2D eigenvalue weighted by Crippen LogP contribution is -2.26. The first-order valence-corrected chi connectivity index (χ1v) is 3.97. The molecule has 1 N–H and O–H groups in total. The highest BCUT2D eigenvalue weighted by Crippen LogP contribution is 2.16. The molecule has 1 aromatic rings. The fourth-order valence-electron chi connectivity index (χ4n) is 0.935. The van der Waals surface area contributed by atoms with Gasteiger partial charge in [-0.3, -0.25) is 4.79 Å². The molecule has 3 nitrogen and oxygen atoms in total. The molecule has 1 heterocycles. The molecule has 0 aromatic carbocycles. The summed E-state index contributed by atoms with van der Waals surface area (Å²) in [6, 6.07) is 0. The molecule has 0 saturated carbocycles. The molecule has 82 valence electrons. The van der Waals surface area contributed by atoms with Gasteiger partial charge in [-0.25, -0.2) is 8.78 Å². The van der Waals surface area contributed by atoms with Crippen molar-refractivity contribution in [3.63, 3.8) is 0 Å². The van der Waals surface area contributed by atoms with Crippen molar-refractivity contribution < 1.29 is 22.4 Å². The van der Waals surface area contributed by atoms with Gasteiger partial charge < -0.3 is 5.32 Å². The smallest absolute Gasteiger partial charge is 0.257 e. The van der Waals surface area contributed by atoms with Gasteiger partial charge in [0.15, 0.2) is 11.6 Å². The lowest BCUT2D eigenvalue weighted by atomic mass is 10.2. The molecule has 1 amide bonds. The Morgan fingerprint density at radius 1 is 1.20 bits per heavy atom. The van der Waals surface area contributed by atoms with E-state index in [1.54, 1.807) is 0 Å². The lowest BCUT2D eigenvalue weighted by molar-refractivity contribution is 0.0943. The molecule has 0 unspecified atom stereocenters. The normalized spacial score (nSPS) is 10.2. The molecular weight excluding hydrogens is 216 g/mol. The Hall–Kier alpha value is -1.66. The van der Waals surface area contributed by atoms with Gasteiger partial charge in [0.25, 0.3) is 17.8 Å². The molecule has 1 rings (SSSR count). The maximum Gasteiger partial charge on any atom is 0.257 e. The van der Waals surface area contributed by atoms with Gasteiger partial charge in [0.2, 0.25) is 0 Å². The van der Waals surface area contributed by atoms with E-state index in [0.717, 1.165) is 0 Å². The van der Waals surface area contributed by atoms with Crippen LogP contribution >= 0.6 is 0 Å². The highest BCUT2D eigenvalue weighted by Gasteiger charge is 2.25. The second-order valence-electron chi connectivity index (χ2n) is 2.56. The van der Waals surface area contributed by atoms with Crippen LogP contribution in [-0.2, 0) is 0 Å². The first-order chi connectivity index (χ1) is 6.99. The van der Waals surface area contributed by atoms with Crippen molar-refractivity contribution >= 4 is 5.91 Å². The minimum absolute atomic E-state index is 0.0727. The number of pyridine rings is 1. The number of hydrogen-bond acceptors (Lipinski definition) is 2. The molecule has 0 saturated heterocycles. The zero-order valence-electron chi connectivity index (χ0n) is 7.57. The summed E-state index contributed by atoms with van der Waals surface area (Å²) >= 11 is 0. The third-order valence-corrected chi connectivity index (χ3v) is 1.56. The van der Waals surface area contributed by atoms with E-state index in [2.05, 4.69) is 4.98 Å². The van der Waals surface area contributed by atoms with Gasteiger partial charge >= 0.3 is 0 Å². The number of amides is 1. The molecule has 15 heavy (non-hydrogen) atoms. The van der Waals surface area contributed by atoms with Crippen LogP contribution in [0, 0.1) is 23.5 Å². The zero-order valence-corrected chi connectivity index (χ0v) is 7.57. The van der Waals surface area contributed by atoms with E-state index < -0.39 is 35.0 Å². The standard InChI is InChI=1S/C8H6F4N2O/c1-2-13-8(15)3-4(9)6(11)14-7(12)5(3)10/h2H2,1H3,(H,13,15). The van der Waals surface area contributed by atoms with E-state index in [4.69, 9.17) is 0 Å². The maximum atomic E-state index is 12.9. The highest BCUT2D eigenvalue weighted by atomic mass is 19.2. The maximum absolute atomic E-state index is 12.9. The van der Waals surface area contributed by atoms with Gasteiger partial charge in [0.1, 0.15) is 5.56 Å². The Morgan fingerprint density at radius 2 is 1.67 bits per heavy atom. The third kappa shape index (κ3) is 2.05. The lowest BCUT2D eigenvalue weighted by Gasteiger charge is -2.05. The van der Waals surface area contributed by atoms with Gasteiger partial charge in [-0.1, -0.05) is 0 Å². The minimum atomic E-state index is -1.85. The molecule has 7 heteroatoms. The Bertz CT molecular complexity index is 382. The number of carbonyl (C=O) groups excluding carboxylic acids is 1. The molecule has 1 aromatic heterocycles. The molecule has 0 aliphatic heterocycles. The molecule has 0 fully saturated rings. The molecule has 0 radical (unpaired) electrons. The topological polar surface area (TPSA) is 42.0 Å². The zero-order chi connectivity index (χ0) is 11.6. The van der Waals surface area contributed by atoms with Crippen molar-refractivity contribution in [3.05, 3.63) is 29.1 Å². The SMILES string of the molecule is CCNC(=O)c1c(F)c(F)nc(F)c1F. The number of rotatable bonds is 2. The quantitative estimate of drug-likeness (QED) is 0.606. The molecular formula is C8H6F4N2O. The third-order valence-electron chi connectivity index (χ3n) is 1.56. The summed E-state index contributed by atoms with van der Waals surface area (Å²) < 4.78 is 50.9. The largest absolute Gasteiger partial charge is 0.352 e. The van der Waals surface area contributed by atoms with Gasteiger partial charge in [-0.05, 0) is 6.92 Å². The summed E-state index contributed by atoms with van der Waals surface area (Å²) in [5, 5.41) is 2.02. The number of halogens is 4. The minimum Gasteiger partial charge on any atom is -0.352 e. The van der Waals surface area contributed by atoms with Crippen LogP contribution in [0.5, 0.6) is 0 Å². The second kappa shape index (κ2) is 4.24. The molecule has 0 bridgehead atoms. The number of nitrogens with one attached hydrogen (secondary N) is 1. The molecule has 0 atom stereocenters. The van der Waals surface area contributed by atoms with Crippen molar-refractivity contribution in [2.24, 2.45) is 0 Å². The predicted octanol–water partition coefficient (Wildman–Crippen LogP) is 1.39. The van der Waals surface area contributed by atoms with Gasteiger partial charge in [-0.2, -0.15) is 13.8 Å². The van der Waals surface area contributed by atoms with Crippen molar-refractivity contribution in [3.8, 4) is 0 Å². The van der Waals surface area contributed by atoms with Crippen LogP contribution in [0.4, 0.5) is 17.6 Å². The highest BCUT2D eigenvalue weighted by molar-refractivity contribution is 5.94. The Morgan fingerprint density at radius 3 is 2.07 bits per heavy atom. The number of nitrogens with zero attached hydrogens (tertiary/aromatic N) is 1. The summed E-state index contributed by atoms with van der Waals surface area (Å²) in [7, 11) is 0. The van der Waals surface area contributed by atoms with Gasteiger partial charge in [0.05, 0.1) is 0 Å². The van der Waals surface area contributed by atoms with Gasteiger partial charge in [0, 0.05) is 6.54 Å². The number of hydrogen-bond donors (Lipinski definition) is 1. The summed E-state index contributed by atoms with van der Waals surface area (Å²) in [6.45, 7) is 1.56. The van der Waals surface area contributed by atoms with E-state index in [9.17, 15) is 22.4 Å². The summed E-state index contributed by atoms with van der Waals surface area (Å²) in [5.74, 6) is -8.54. The molecule has 0 aliphatic rings. The molecule has 0 aliphatic carbocycles. The van der Waals surface area contributed by atoms with Crippen molar-refractivity contribution in [1.82, 2.24) is 10.3 Å². The van der Waals surface area contributed by atoms with Crippen LogP contribution in [-0.4, -0.2) is 17.4 Å². The Kier molecular flexibility index (Phi) is 3.23. The first-order valence-electron chi connectivity index (χ1n) is 3.97. The van der Waals surface area contributed by atoms with Crippen molar-refractivity contribution in [1.29, 1.82) is 0 Å². The van der Waals surface area contributed by atoms with Crippen molar-refractivity contribution in [2.75, 3.05) is 6.54 Å². The summed E-state index contributed by atoms with van der Waals surface area (Å²) in [6.07, 6.45) is 0. The fraction of sp³-hybridized carbons (Fsp3) is 0.250. The van der Waals surface area contributed by atoms with E-state index in [1.165, 1.54) is 6.92 Å². The van der Waals surface area contributed by atoms with E-state index in [0.29, 0.717) is 0 Å². The predicted molar refractivity (Wildman–Crippen MR) is 42.1 cm³/mol. The van der Waals surface area contributed by atoms with Crippen LogP contribution in [0.3, 0.4) is 0 Å². The summed E-state index contributed by atoms with van der Waals surface area (Å²) in [5.41, 5.74) is -1.30. The van der Waals surface area contributed by atoms with E-state index >= 15 is 0 Å². The summed E-state index contributed by atoms with van der Waals surface area (Å²) in [4.78, 5) is 13.4. The van der Waals surface area contributed by atoms with Crippen LogP contribution < -0.4 is 5.32 Å². The van der Waals surface area contributed by atoms with Crippen LogP contribution in [0.25, 0.3) is 0 Å². The molecule has 0 spiro atoms. The average molecular weight is 222 g/mol. The van der Waals surface area contributed by atoms with Crippen LogP contribution in [0.15, 0.2) is 0 Å². The Balaban J connectivity index is 3.32. The average Bonchev–Trinajstić information content (AvgIpc) is 2.16. The first kappa shape index (κ1) is 11.4. The van der Waals surface area contributed by atoms with Crippen LogP contribution in [0.2, 0.25) is 0 Å². The van der Waals surface area contributed by atoms with E-state index in [-0.39, 0.29) is 6.54 Å². The Labute approximate surface area is 82.1 Å². The fourth-order valence-corrected chi connectivity index (χ4v) is 0.935. The van der Waals surface area contributed by atoms with E-state index in [1.807, 2.05) is 5.32 Å². The number of carbonyl (C=O) groups is 1. The van der Waals surface area contributed by atoms with Gasteiger partial charge in [-0.15, -0.1) is 0 Å². The van der Waals surface area contributed by atoms with Crippen molar-refractivity contribution in [2.45, 2.75) is 6.92 Å². The monoisotopic (exact) mass is 222 g/mol. The van der Waals surface area contributed by atoms with Crippen LogP contribution in [0.1, 0.15) is 17.3 Å². The number of aromatic nitrogens is 1.